The van der Waals surface area contributed by atoms with Crippen molar-refractivity contribution in [3.8, 4) is 6.07 Å². The van der Waals surface area contributed by atoms with E-state index in [4.69, 9.17) is 28.5 Å². The van der Waals surface area contributed by atoms with Crippen molar-refractivity contribution in [1.82, 2.24) is 0 Å². The van der Waals surface area contributed by atoms with Crippen LogP contribution in [0.4, 0.5) is 0 Å². The van der Waals surface area contributed by atoms with Crippen molar-refractivity contribution in [2.75, 3.05) is 5.75 Å². The van der Waals surface area contributed by atoms with Gasteiger partial charge >= 0.3 is 0 Å². The number of hydrogen-bond acceptors (Lipinski definition) is 3. The fourth-order valence-corrected chi connectivity index (χ4v) is 3.24. The summed E-state index contributed by atoms with van der Waals surface area (Å²) in [6, 6.07) is 6.42. The van der Waals surface area contributed by atoms with E-state index in [2.05, 4.69) is 6.07 Å². The molecule has 0 heterocycles. The molecule has 1 rings (SSSR count). The van der Waals surface area contributed by atoms with E-state index in [-0.39, 0.29) is 15.7 Å². The highest BCUT2D eigenvalue weighted by atomic mass is 35.5. The summed E-state index contributed by atoms with van der Waals surface area (Å²) in [5.74, 6) is -0.00390. The standard InChI is InChI=1S/C13H15Cl2NO2S/c1-13(2,9-16)6-3-7-19(17,18)10-4-5-11(14)12(15)8-10/h4-5,8H,3,6-7H2,1-2H3. The maximum Gasteiger partial charge on any atom is 0.178 e. The highest BCUT2D eigenvalue weighted by Crippen LogP contribution is 2.27. The van der Waals surface area contributed by atoms with E-state index < -0.39 is 15.3 Å². The largest absolute Gasteiger partial charge is 0.224 e. The number of nitrogens with zero attached hydrogens (tertiary/aromatic N) is 1. The van der Waals surface area contributed by atoms with Crippen LogP contribution in [0.5, 0.6) is 0 Å². The molecule has 104 valence electrons. The predicted octanol–water partition coefficient (Wildman–Crippen LogP) is 4.10. The van der Waals surface area contributed by atoms with Crippen LogP contribution in [0.15, 0.2) is 23.1 Å². The SMILES string of the molecule is CC(C)(C#N)CCCS(=O)(=O)c1ccc(Cl)c(Cl)c1. The Morgan fingerprint density at radius 1 is 1.26 bits per heavy atom. The highest BCUT2D eigenvalue weighted by molar-refractivity contribution is 7.91. The molecule has 0 saturated heterocycles. The maximum absolute atomic E-state index is 12.1. The molecule has 0 aromatic heterocycles. The molecule has 19 heavy (non-hydrogen) atoms. The molecule has 3 nitrogen and oxygen atoms in total. The monoisotopic (exact) mass is 319 g/mol. The normalized spacial score (nSPS) is 12.2. The Morgan fingerprint density at radius 2 is 1.89 bits per heavy atom. The molecule has 0 radical (unpaired) electrons. The van der Waals surface area contributed by atoms with Crippen LogP contribution in [0.3, 0.4) is 0 Å². The van der Waals surface area contributed by atoms with E-state index in [0.29, 0.717) is 17.9 Å². The smallest absolute Gasteiger partial charge is 0.178 e. The van der Waals surface area contributed by atoms with E-state index in [0.717, 1.165) is 0 Å². The number of hydrogen-bond donors (Lipinski definition) is 0. The van der Waals surface area contributed by atoms with Crippen LogP contribution in [0.2, 0.25) is 10.0 Å². The molecule has 0 atom stereocenters. The van der Waals surface area contributed by atoms with Gasteiger partial charge < -0.3 is 0 Å². The van der Waals surface area contributed by atoms with Gasteiger partial charge in [0.05, 0.1) is 32.2 Å². The average molecular weight is 320 g/mol. The summed E-state index contributed by atoms with van der Waals surface area (Å²) in [6.07, 6.45) is 0.965. The van der Waals surface area contributed by atoms with Gasteiger partial charge in [0.15, 0.2) is 9.84 Å². The fraction of sp³-hybridized carbons (Fsp3) is 0.462. The molecule has 0 saturated carbocycles. The molecular weight excluding hydrogens is 305 g/mol. The van der Waals surface area contributed by atoms with Gasteiger partial charge in [-0.25, -0.2) is 8.42 Å². The first-order chi connectivity index (χ1) is 8.68. The Labute approximate surface area is 124 Å². The minimum Gasteiger partial charge on any atom is -0.224 e. The lowest BCUT2D eigenvalue weighted by Gasteiger charge is -2.14. The van der Waals surface area contributed by atoms with Gasteiger partial charge in [0.2, 0.25) is 0 Å². The van der Waals surface area contributed by atoms with Crippen molar-refractivity contribution in [2.45, 2.75) is 31.6 Å². The lowest BCUT2D eigenvalue weighted by atomic mass is 9.90. The lowest BCUT2D eigenvalue weighted by molar-refractivity contribution is 0.445. The van der Waals surface area contributed by atoms with Crippen molar-refractivity contribution in [3.05, 3.63) is 28.2 Å². The van der Waals surface area contributed by atoms with Crippen LogP contribution < -0.4 is 0 Å². The molecule has 0 aliphatic carbocycles. The Hall–Kier alpha value is -0.760. The van der Waals surface area contributed by atoms with E-state index in [1.54, 1.807) is 13.8 Å². The van der Waals surface area contributed by atoms with Gasteiger partial charge in [-0.3, -0.25) is 0 Å². The number of sulfone groups is 1. The zero-order valence-corrected chi connectivity index (χ0v) is 13.1. The molecule has 0 bridgehead atoms. The van der Waals surface area contributed by atoms with Gasteiger partial charge in [0.1, 0.15) is 0 Å². The van der Waals surface area contributed by atoms with Gasteiger partial charge in [-0.2, -0.15) is 5.26 Å². The highest BCUT2D eigenvalue weighted by Gasteiger charge is 2.20. The third-order valence-corrected chi connectivity index (χ3v) is 5.31. The third-order valence-electron chi connectivity index (χ3n) is 2.77. The Morgan fingerprint density at radius 3 is 2.42 bits per heavy atom. The predicted molar refractivity (Wildman–Crippen MR) is 77.1 cm³/mol. The Bertz CT molecular complexity index is 604. The molecule has 0 aliphatic rings. The van der Waals surface area contributed by atoms with Crippen LogP contribution in [0.1, 0.15) is 26.7 Å². The molecule has 0 unspecified atom stereocenters. The second kappa shape index (κ2) is 6.13. The zero-order chi connectivity index (χ0) is 14.7. The van der Waals surface area contributed by atoms with Crippen molar-refractivity contribution in [1.29, 1.82) is 5.26 Å². The van der Waals surface area contributed by atoms with E-state index in [1.165, 1.54) is 18.2 Å². The molecule has 1 aromatic carbocycles. The van der Waals surface area contributed by atoms with Gasteiger partial charge in [-0.15, -0.1) is 0 Å². The van der Waals surface area contributed by atoms with E-state index in [9.17, 15) is 8.42 Å². The van der Waals surface area contributed by atoms with Crippen LogP contribution in [0.25, 0.3) is 0 Å². The summed E-state index contributed by atoms with van der Waals surface area (Å²) in [5, 5.41) is 9.42. The summed E-state index contributed by atoms with van der Waals surface area (Å²) in [7, 11) is -3.38. The zero-order valence-electron chi connectivity index (χ0n) is 10.8. The van der Waals surface area contributed by atoms with E-state index in [1.807, 2.05) is 0 Å². The minimum atomic E-state index is -3.38. The van der Waals surface area contributed by atoms with Gasteiger partial charge in [-0.1, -0.05) is 23.2 Å². The third kappa shape index (κ3) is 4.68. The van der Waals surface area contributed by atoms with Gasteiger partial charge in [-0.05, 0) is 44.9 Å². The summed E-state index contributed by atoms with van der Waals surface area (Å²) in [5.41, 5.74) is -0.507. The number of nitriles is 1. The molecule has 0 fully saturated rings. The van der Waals surface area contributed by atoms with E-state index >= 15 is 0 Å². The molecule has 0 spiro atoms. The Balaban J connectivity index is 2.77. The summed E-state index contributed by atoms with van der Waals surface area (Å²) < 4.78 is 24.2. The van der Waals surface area contributed by atoms with Crippen molar-refractivity contribution in [3.63, 3.8) is 0 Å². The number of halogens is 2. The summed E-state index contributed by atoms with van der Waals surface area (Å²) in [4.78, 5) is 0.164. The fourth-order valence-electron chi connectivity index (χ4n) is 1.55. The van der Waals surface area contributed by atoms with Crippen molar-refractivity contribution >= 4 is 33.0 Å². The second-order valence-electron chi connectivity index (χ2n) is 4.99. The van der Waals surface area contributed by atoms with Crippen LogP contribution in [0, 0.1) is 16.7 Å². The van der Waals surface area contributed by atoms with Gasteiger partial charge in [0.25, 0.3) is 0 Å². The summed E-state index contributed by atoms with van der Waals surface area (Å²) in [6.45, 7) is 3.58. The first-order valence-electron chi connectivity index (χ1n) is 5.77. The quantitative estimate of drug-likeness (QED) is 0.821. The van der Waals surface area contributed by atoms with Crippen molar-refractivity contribution < 1.29 is 8.42 Å². The number of benzene rings is 1. The molecule has 0 aliphatic heterocycles. The molecule has 0 N–H and O–H groups in total. The average Bonchev–Trinajstić information content (AvgIpc) is 2.32. The van der Waals surface area contributed by atoms with Crippen molar-refractivity contribution in [2.24, 2.45) is 5.41 Å². The van der Waals surface area contributed by atoms with Crippen LogP contribution in [-0.2, 0) is 9.84 Å². The molecule has 1 aromatic rings. The topological polar surface area (TPSA) is 57.9 Å². The first kappa shape index (κ1) is 16.3. The van der Waals surface area contributed by atoms with Crippen LogP contribution >= 0.6 is 23.2 Å². The first-order valence-corrected chi connectivity index (χ1v) is 8.18. The van der Waals surface area contributed by atoms with Gasteiger partial charge in [0, 0.05) is 0 Å². The molecule has 0 amide bonds. The number of rotatable bonds is 5. The molecular formula is C13H15Cl2NO2S. The lowest BCUT2D eigenvalue weighted by Crippen LogP contribution is -2.12. The Kier molecular flexibility index (Phi) is 5.26. The van der Waals surface area contributed by atoms with Crippen LogP contribution in [-0.4, -0.2) is 14.2 Å². The molecule has 6 heteroatoms. The maximum atomic E-state index is 12.1. The summed E-state index contributed by atoms with van der Waals surface area (Å²) >= 11 is 11.6. The second-order valence-corrected chi connectivity index (χ2v) is 7.92. The minimum absolute atomic E-state index is 0.00390.